The van der Waals surface area contributed by atoms with E-state index in [2.05, 4.69) is 32.6 Å². The fourth-order valence-corrected chi connectivity index (χ4v) is 3.72. The van der Waals surface area contributed by atoms with Gasteiger partial charge in [-0.05, 0) is 42.5 Å². The summed E-state index contributed by atoms with van der Waals surface area (Å²) >= 11 is 0. The van der Waals surface area contributed by atoms with Crippen LogP contribution in [0.5, 0.6) is 5.75 Å². The number of hydrogen-bond acceptors (Lipinski definition) is 2. The van der Waals surface area contributed by atoms with Crippen molar-refractivity contribution in [2.45, 2.75) is 64.0 Å². The third kappa shape index (κ3) is 2.45. The van der Waals surface area contributed by atoms with Crippen LogP contribution in [-0.4, -0.2) is 23.9 Å². The van der Waals surface area contributed by atoms with E-state index in [0.29, 0.717) is 5.75 Å². The minimum Gasteiger partial charge on any atom is -0.508 e. The minimum absolute atomic E-state index is 0.0186. The summed E-state index contributed by atoms with van der Waals surface area (Å²) in [5.41, 5.74) is 7.06. The van der Waals surface area contributed by atoms with Gasteiger partial charge in [0.2, 0.25) is 0 Å². The van der Waals surface area contributed by atoms with Crippen LogP contribution in [0, 0.1) is 0 Å². The van der Waals surface area contributed by atoms with Gasteiger partial charge in [-0.3, -0.25) is 0 Å². The number of rotatable bonds is 5. The molecule has 1 aromatic carbocycles. The molecule has 3 nitrogen and oxygen atoms in total. The van der Waals surface area contributed by atoms with E-state index >= 15 is 0 Å². The molecule has 1 aliphatic rings. The lowest BCUT2D eigenvalue weighted by atomic mass is 9.63. The predicted octanol–water partition coefficient (Wildman–Crippen LogP) is 2.41. The quantitative estimate of drug-likeness (QED) is 0.869. The molecule has 20 heavy (non-hydrogen) atoms. The van der Waals surface area contributed by atoms with Crippen LogP contribution in [0.1, 0.15) is 51.2 Å². The van der Waals surface area contributed by atoms with Gasteiger partial charge < -0.3 is 15.6 Å². The summed E-state index contributed by atoms with van der Waals surface area (Å²) in [4.78, 5) is 0. The maximum Gasteiger partial charge on any atom is 0.121 e. The molecule has 0 amide bonds. The molecule has 2 rings (SSSR count). The lowest BCUT2D eigenvalue weighted by molar-refractivity contribution is -0.460. The Bertz CT molecular complexity index is 454. The van der Waals surface area contributed by atoms with Crippen LogP contribution in [0.2, 0.25) is 0 Å². The van der Waals surface area contributed by atoms with Gasteiger partial charge in [0.15, 0.2) is 0 Å². The Hall–Kier alpha value is -1.06. The topological polar surface area (TPSA) is 57.1 Å². The maximum absolute atomic E-state index is 9.85. The minimum atomic E-state index is 0.0186. The third-order valence-electron chi connectivity index (χ3n) is 5.01. The summed E-state index contributed by atoms with van der Waals surface area (Å²) in [6.07, 6.45) is 4.19. The van der Waals surface area contributed by atoms with Crippen LogP contribution in [0.15, 0.2) is 18.2 Å². The fraction of sp³-hybridized carbons (Fsp3) is 0.647. The van der Waals surface area contributed by atoms with E-state index < -0.39 is 0 Å². The summed E-state index contributed by atoms with van der Waals surface area (Å²) in [6.45, 7) is 7.38. The number of aromatic hydroxyl groups is 1. The molecule has 0 heterocycles. The Morgan fingerprint density at radius 1 is 1.30 bits per heavy atom. The number of phenols is 1. The Morgan fingerprint density at radius 3 is 2.60 bits per heavy atom. The zero-order valence-electron chi connectivity index (χ0n) is 13.0. The first-order valence-electron chi connectivity index (χ1n) is 7.86. The highest BCUT2D eigenvalue weighted by molar-refractivity contribution is 5.44. The molecule has 3 heteroatoms. The monoisotopic (exact) mass is 278 g/mol. The van der Waals surface area contributed by atoms with E-state index in [-0.39, 0.29) is 17.6 Å². The molecule has 0 spiro atoms. The van der Waals surface area contributed by atoms with Gasteiger partial charge in [0, 0.05) is 18.4 Å². The van der Waals surface area contributed by atoms with Gasteiger partial charge in [0.25, 0.3) is 0 Å². The van der Waals surface area contributed by atoms with Gasteiger partial charge in [-0.25, -0.2) is 0 Å². The van der Waals surface area contributed by atoms with Crippen molar-refractivity contribution in [2.75, 3.05) is 6.61 Å². The largest absolute Gasteiger partial charge is 0.508 e. The molecule has 1 aromatic rings. The summed E-state index contributed by atoms with van der Waals surface area (Å²) in [7, 11) is 0. The van der Waals surface area contributed by atoms with Crippen molar-refractivity contribution in [3.63, 3.8) is 0 Å². The fourth-order valence-electron chi connectivity index (χ4n) is 3.72. The molecule has 0 saturated carbocycles. The van der Waals surface area contributed by atoms with Gasteiger partial charge in [-0.15, -0.1) is 0 Å². The summed E-state index contributed by atoms with van der Waals surface area (Å²) < 4.78 is 6.07. The lowest BCUT2D eigenvalue weighted by Gasteiger charge is -2.44. The van der Waals surface area contributed by atoms with Crippen LogP contribution in [0.4, 0.5) is 0 Å². The van der Waals surface area contributed by atoms with Crippen LogP contribution < -0.4 is 5.73 Å². The summed E-state index contributed by atoms with van der Waals surface area (Å²) in [6, 6.07) is 6.02. The Labute approximate surface area is 122 Å². The van der Waals surface area contributed by atoms with E-state index in [1.54, 1.807) is 6.07 Å². The van der Waals surface area contributed by atoms with Gasteiger partial charge in [0.05, 0.1) is 0 Å². The van der Waals surface area contributed by atoms with Gasteiger partial charge >= 0.3 is 0 Å². The first-order chi connectivity index (χ1) is 9.58. The normalized spacial score (nSPS) is 24.4. The van der Waals surface area contributed by atoms with Gasteiger partial charge in [-0.1, -0.05) is 26.8 Å². The molecule has 0 aliphatic heterocycles. The molecule has 0 aromatic heterocycles. The van der Waals surface area contributed by atoms with Gasteiger partial charge in [-0.2, -0.15) is 0 Å². The van der Waals surface area contributed by atoms with Crippen LogP contribution >= 0.6 is 0 Å². The van der Waals surface area contributed by atoms with E-state index in [1.165, 1.54) is 11.1 Å². The second-order valence-corrected chi connectivity index (χ2v) is 5.92. The van der Waals surface area contributed by atoms with Crippen LogP contribution in [0.3, 0.4) is 0 Å². The molecule has 2 unspecified atom stereocenters. The van der Waals surface area contributed by atoms with Crippen molar-refractivity contribution in [2.24, 2.45) is 0 Å². The molecule has 2 atom stereocenters. The Morgan fingerprint density at radius 2 is 2.00 bits per heavy atom. The van der Waals surface area contributed by atoms with E-state index in [0.717, 1.165) is 32.3 Å². The number of ether oxygens (including phenoxy) is 1. The van der Waals surface area contributed by atoms with Crippen LogP contribution in [-0.2, 0) is 16.6 Å². The average molecular weight is 278 g/mol. The van der Waals surface area contributed by atoms with Gasteiger partial charge in [0.1, 0.15) is 17.9 Å². The first kappa shape index (κ1) is 15.3. The zero-order chi connectivity index (χ0) is 14.8. The molecule has 0 bridgehead atoms. The van der Waals surface area contributed by atoms with E-state index in [4.69, 9.17) is 4.74 Å². The van der Waals surface area contributed by atoms with E-state index in [1.807, 2.05) is 6.07 Å². The second-order valence-electron chi connectivity index (χ2n) is 5.92. The number of phenolic OH excluding ortho intramolecular Hbond substituents is 1. The molecule has 1 aliphatic carbocycles. The third-order valence-corrected chi connectivity index (χ3v) is 5.01. The second kappa shape index (κ2) is 6.15. The number of hydrogen-bond donors (Lipinski definition) is 2. The SMILES string of the molecule is CCCOC1Cc2ccc(O)cc2C(CC)(CC)C1[NH3+]. The van der Waals surface area contributed by atoms with Crippen molar-refractivity contribution < 1.29 is 15.6 Å². The Balaban J connectivity index is 2.45. The zero-order valence-corrected chi connectivity index (χ0v) is 13.0. The van der Waals surface area contributed by atoms with E-state index in [9.17, 15) is 5.11 Å². The first-order valence-corrected chi connectivity index (χ1v) is 7.86. The number of quaternary nitrogens is 1. The van der Waals surface area contributed by atoms with Crippen molar-refractivity contribution in [1.29, 1.82) is 0 Å². The molecular weight excluding hydrogens is 250 g/mol. The van der Waals surface area contributed by atoms with Crippen LogP contribution in [0.25, 0.3) is 0 Å². The molecule has 0 fully saturated rings. The molecule has 112 valence electrons. The van der Waals surface area contributed by atoms with Crippen molar-refractivity contribution in [3.8, 4) is 5.75 Å². The lowest BCUT2D eigenvalue weighted by Crippen LogP contribution is -2.76. The Kier molecular flexibility index (Phi) is 4.71. The summed E-state index contributed by atoms with van der Waals surface area (Å²) in [5, 5.41) is 9.85. The predicted molar refractivity (Wildman–Crippen MR) is 80.8 cm³/mol. The average Bonchev–Trinajstić information content (AvgIpc) is 2.46. The van der Waals surface area contributed by atoms with Crippen molar-refractivity contribution in [3.05, 3.63) is 29.3 Å². The smallest absolute Gasteiger partial charge is 0.121 e. The molecular formula is C17H28NO2+. The van der Waals surface area contributed by atoms with Crippen molar-refractivity contribution >= 4 is 0 Å². The maximum atomic E-state index is 9.85. The highest BCUT2D eigenvalue weighted by Gasteiger charge is 2.48. The highest BCUT2D eigenvalue weighted by atomic mass is 16.5. The number of benzene rings is 1. The number of fused-ring (bicyclic) bond motifs is 1. The molecule has 0 radical (unpaired) electrons. The standard InChI is InChI=1S/C17H27NO2/c1-4-9-20-15-10-12-7-8-13(19)11-14(12)17(5-2,6-3)16(15)18/h7-8,11,15-16,19H,4-6,9-10,18H2,1-3H3/p+1. The highest BCUT2D eigenvalue weighted by Crippen LogP contribution is 2.43. The van der Waals surface area contributed by atoms with Crippen molar-refractivity contribution in [1.82, 2.24) is 0 Å². The molecule has 4 N–H and O–H groups in total. The summed E-state index contributed by atoms with van der Waals surface area (Å²) in [5.74, 6) is 0.357. The molecule has 0 saturated heterocycles.